The highest BCUT2D eigenvalue weighted by atomic mass is 32.2. The Morgan fingerprint density at radius 3 is 2.33 bits per heavy atom. The number of nitrogens with zero attached hydrogens (tertiary/aromatic N) is 1. The first-order valence-electron chi connectivity index (χ1n) is 7.71. The van der Waals surface area contributed by atoms with Gasteiger partial charge in [-0.25, -0.2) is 4.79 Å². The highest BCUT2D eigenvalue weighted by Crippen LogP contribution is 2.50. The number of carboxylic acid groups (broad SMARTS) is 1. The number of hydrogen-bond acceptors (Lipinski definition) is 6. The van der Waals surface area contributed by atoms with Gasteiger partial charge in [0.2, 0.25) is 11.8 Å². The number of nitrogens with two attached hydrogens (primary N) is 1. The minimum absolute atomic E-state index is 0. The van der Waals surface area contributed by atoms with Gasteiger partial charge < -0.3 is 37.1 Å². The number of phenols is 1. The van der Waals surface area contributed by atoms with E-state index in [0.29, 0.717) is 5.56 Å². The molecule has 1 aromatic rings. The van der Waals surface area contributed by atoms with Crippen molar-refractivity contribution in [2.45, 2.75) is 42.1 Å². The molecule has 11 heteroatoms. The van der Waals surface area contributed by atoms with Crippen LogP contribution >= 0.6 is 11.8 Å². The van der Waals surface area contributed by atoms with E-state index in [1.165, 1.54) is 40.9 Å². The molecule has 0 spiro atoms. The second-order valence-corrected chi connectivity index (χ2v) is 8.42. The fourth-order valence-electron chi connectivity index (χ4n) is 3.22. The average molecular weight is 401 g/mol. The van der Waals surface area contributed by atoms with Gasteiger partial charge in [0, 0.05) is 4.75 Å². The number of carbonyl (C=O) groups excluding carboxylic acids is 2. The first kappa shape index (κ1) is 22.7. The standard InChI is InChI=1S/C16H19N3O5S.2H2O/c1-16(2)11(15(23)24)19-13(22)10(14(19)25-16)18-12(21)9(17)7-3-5-8(20)6-4-7;;/h3-6,9-11,14,20H,17H2,1-2H3,(H,18,21)(H,23,24);2*1H2/t9?,10-,11+,14-;;/m1../s1. The van der Waals surface area contributed by atoms with Crippen molar-refractivity contribution in [3.8, 4) is 5.75 Å². The van der Waals surface area contributed by atoms with E-state index in [-0.39, 0.29) is 16.7 Å². The molecule has 10 nitrogen and oxygen atoms in total. The van der Waals surface area contributed by atoms with Gasteiger partial charge in [0.1, 0.15) is 29.2 Å². The van der Waals surface area contributed by atoms with E-state index in [2.05, 4.69) is 5.32 Å². The molecule has 2 saturated heterocycles. The van der Waals surface area contributed by atoms with Crippen molar-refractivity contribution in [1.82, 2.24) is 10.2 Å². The maximum absolute atomic E-state index is 12.3. The summed E-state index contributed by atoms with van der Waals surface area (Å²) in [4.78, 5) is 37.5. The SMILES string of the molecule is CC1(C)S[C@@H]2[C@H](NC(=O)C(N)c3ccc(O)cc3)C(=O)N2[C@H]1C(=O)O.O.O. The maximum atomic E-state index is 12.3. The predicted molar refractivity (Wildman–Crippen MR) is 97.9 cm³/mol. The Labute approximate surface area is 159 Å². The maximum Gasteiger partial charge on any atom is 0.327 e. The van der Waals surface area contributed by atoms with Gasteiger partial charge in [0.05, 0.1) is 0 Å². The van der Waals surface area contributed by atoms with Gasteiger partial charge in [-0.05, 0) is 31.5 Å². The van der Waals surface area contributed by atoms with Crippen molar-refractivity contribution in [1.29, 1.82) is 0 Å². The quantitative estimate of drug-likeness (QED) is 0.434. The number of nitrogens with one attached hydrogen (secondary N) is 1. The van der Waals surface area contributed by atoms with Crippen molar-refractivity contribution < 1.29 is 35.5 Å². The Morgan fingerprint density at radius 2 is 1.81 bits per heavy atom. The molecule has 1 aromatic carbocycles. The van der Waals surface area contributed by atoms with Crippen LogP contribution in [-0.4, -0.2) is 66.1 Å². The lowest BCUT2D eigenvalue weighted by Crippen LogP contribution is -2.71. The summed E-state index contributed by atoms with van der Waals surface area (Å²) in [6.07, 6.45) is 0. The summed E-state index contributed by atoms with van der Waals surface area (Å²) in [7, 11) is 0. The van der Waals surface area contributed by atoms with Crippen LogP contribution < -0.4 is 11.1 Å². The van der Waals surface area contributed by atoms with Gasteiger partial charge in [0.15, 0.2) is 0 Å². The lowest BCUT2D eigenvalue weighted by atomic mass is 9.95. The zero-order valence-electron chi connectivity index (χ0n) is 14.7. The lowest BCUT2D eigenvalue weighted by molar-refractivity contribution is -0.161. The molecule has 0 saturated carbocycles. The second-order valence-electron chi connectivity index (χ2n) is 6.65. The van der Waals surface area contributed by atoms with E-state index in [4.69, 9.17) is 5.73 Å². The molecule has 4 atom stereocenters. The summed E-state index contributed by atoms with van der Waals surface area (Å²) in [5, 5.41) is 20.9. The van der Waals surface area contributed by atoms with Crippen molar-refractivity contribution in [3.05, 3.63) is 29.8 Å². The van der Waals surface area contributed by atoms with Gasteiger partial charge in [0.25, 0.3) is 0 Å². The van der Waals surface area contributed by atoms with Crippen LogP contribution in [0.4, 0.5) is 0 Å². The van der Waals surface area contributed by atoms with Crippen molar-refractivity contribution in [2.24, 2.45) is 5.73 Å². The molecule has 2 fully saturated rings. The monoisotopic (exact) mass is 401 g/mol. The summed E-state index contributed by atoms with van der Waals surface area (Å²) in [6, 6.07) is 3.21. The molecule has 2 amide bonds. The van der Waals surface area contributed by atoms with Gasteiger partial charge >= 0.3 is 5.97 Å². The number of fused-ring (bicyclic) bond motifs is 1. The zero-order chi connectivity index (χ0) is 18.5. The Kier molecular flexibility index (Phi) is 6.49. The first-order chi connectivity index (χ1) is 11.6. The summed E-state index contributed by atoms with van der Waals surface area (Å²) >= 11 is 1.35. The topological polar surface area (TPSA) is 196 Å². The number of aromatic hydroxyl groups is 1. The van der Waals surface area contributed by atoms with E-state index in [1.54, 1.807) is 13.8 Å². The van der Waals surface area contributed by atoms with Crippen LogP contribution in [-0.2, 0) is 14.4 Å². The highest BCUT2D eigenvalue weighted by molar-refractivity contribution is 8.01. The molecule has 0 aliphatic carbocycles. The largest absolute Gasteiger partial charge is 0.508 e. The van der Waals surface area contributed by atoms with E-state index >= 15 is 0 Å². The number of carbonyl (C=O) groups is 3. The third kappa shape index (κ3) is 3.72. The Balaban J connectivity index is 0.00000182. The number of thioether (sulfide) groups is 1. The van der Waals surface area contributed by atoms with Gasteiger partial charge in [-0.1, -0.05) is 12.1 Å². The molecule has 0 radical (unpaired) electrons. The average Bonchev–Trinajstić information content (AvgIpc) is 2.80. The van der Waals surface area contributed by atoms with Gasteiger partial charge in [-0.2, -0.15) is 0 Å². The molecule has 150 valence electrons. The smallest absolute Gasteiger partial charge is 0.327 e. The Bertz CT molecular complexity index is 740. The fourth-order valence-corrected chi connectivity index (χ4v) is 4.85. The summed E-state index contributed by atoms with van der Waals surface area (Å²) < 4.78 is -0.648. The van der Waals surface area contributed by atoms with Crippen LogP contribution in [0.15, 0.2) is 24.3 Å². The minimum Gasteiger partial charge on any atom is -0.508 e. The molecule has 9 N–H and O–H groups in total. The van der Waals surface area contributed by atoms with Crippen LogP contribution in [0.3, 0.4) is 0 Å². The van der Waals surface area contributed by atoms with Crippen molar-refractivity contribution in [2.75, 3.05) is 0 Å². The van der Waals surface area contributed by atoms with E-state index in [9.17, 15) is 24.6 Å². The predicted octanol–water partition coefficient (Wildman–Crippen LogP) is -1.63. The van der Waals surface area contributed by atoms with Crippen LogP contribution in [0.25, 0.3) is 0 Å². The number of β-lactam (4-membered cyclic amide) rings is 1. The van der Waals surface area contributed by atoms with Crippen LogP contribution in [0.2, 0.25) is 0 Å². The normalized spacial score (nSPS) is 26.0. The third-order valence-corrected chi connectivity index (χ3v) is 6.08. The number of benzene rings is 1. The molecule has 2 aliphatic heterocycles. The molecule has 1 unspecified atom stereocenters. The first-order valence-corrected chi connectivity index (χ1v) is 8.59. The number of carboxylic acids is 1. The van der Waals surface area contributed by atoms with Crippen LogP contribution in [0.1, 0.15) is 25.5 Å². The molecule has 0 bridgehead atoms. The Morgan fingerprint density at radius 1 is 1.26 bits per heavy atom. The summed E-state index contributed by atoms with van der Waals surface area (Å²) in [5.41, 5.74) is 6.41. The minimum atomic E-state index is -1.06. The number of rotatable bonds is 4. The summed E-state index contributed by atoms with van der Waals surface area (Å²) in [5.74, 6) is -1.94. The van der Waals surface area contributed by atoms with E-state index < -0.39 is 46.0 Å². The third-order valence-electron chi connectivity index (χ3n) is 4.51. The second kappa shape index (κ2) is 7.72. The van der Waals surface area contributed by atoms with Crippen molar-refractivity contribution in [3.63, 3.8) is 0 Å². The van der Waals surface area contributed by atoms with Gasteiger partial charge in [-0.3, -0.25) is 9.59 Å². The van der Waals surface area contributed by atoms with Gasteiger partial charge in [-0.15, -0.1) is 11.8 Å². The molecule has 0 aromatic heterocycles. The number of hydrogen-bond donors (Lipinski definition) is 4. The molecule has 2 aliphatic rings. The Hall–Kier alpha value is -2.34. The lowest BCUT2D eigenvalue weighted by Gasteiger charge is -2.43. The number of phenolic OH excluding ortho intramolecular Hbond substituents is 1. The molecular weight excluding hydrogens is 378 g/mol. The number of aliphatic carboxylic acids is 1. The van der Waals surface area contributed by atoms with E-state index in [1.807, 2.05) is 0 Å². The molecule has 27 heavy (non-hydrogen) atoms. The van der Waals surface area contributed by atoms with Crippen LogP contribution in [0, 0.1) is 0 Å². The highest BCUT2D eigenvalue weighted by Gasteiger charge is 2.64. The number of amides is 2. The molecule has 3 rings (SSSR count). The zero-order valence-corrected chi connectivity index (χ0v) is 15.5. The fraction of sp³-hybridized carbons (Fsp3) is 0.438. The molecule has 2 heterocycles. The van der Waals surface area contributed by atoms with E-state index in [0.717, 1.165) is 0 Å². The molecular formula is C16H23N3O7S. The van der Waals surface area contributed by atoms with Crippen molar-refractivity contribution >= 4 is 29.5 Å². The summed E-state index contributed by atoms with van der Waals surface area (Å²) in [6.45, 7) is 3.53. The van der Waals surface area contributed by atoms with Crippen LogP contribution in [0.5, 0.6) is 5.75 Å².